The lowest BCUT2D eigenvalue weighted by Gasteiger charge is -2.17. The number of nitrogens with two attached hydrogens (primary N) is 1. The molecule has 0 aliphatic heterocycles. The van der Waals surface area contributed by atoms with Gasteiger partial charge in [-0.3, -0.25) is 9.59 Å². The van der Waals surface area contributed by atoms with Crippen LogP contribution >= 0.6 is 11.3 Å². The summed E-state index contributed by atoms with van der Waals surface area (Å²) >= 11 is 1.40. The van der Waals surface area contributed by atoms with E-state index in [4.69, 9.17) is 5.73 Å². The molecule has 3 nitrogen and oxygen atoms in total. The number of carbonyl (C=O) groups excluding carboxylic acids is 2. The van der Waals surface area contributed by atoms with E-state index in [0.717, 1.165) is 4.88 Å². The first-order valence-electron chi connectivity index (χ1n) is 5.42. The molecule has 3 rings (SSSR count). The molecule has 0 spiro atoms. The number of ketones is 2. The Morgan fingerprint density at radius 1 is 0.889 bits per heavy atom. The molecule has 88 valence electrons. The minimum atomic E-state index is -0.270. The molecule has 1 heterocycles. The zero-order valence-corrected chi connectivity index (χ0v) is 10.2. The summed E-state index contributed by atoms with van der Waals surface area (Å²) in [4.78, 5) is 25.3. The lowest BCUT2D eigenvalue weighted by Crippen LogP contribution is -2.25. The van der Waals surface area contributed by atoms with E-state index in [2.05, 4.69) is 0 Å². The number of rotatable bonds is 1. The van der Waals surface area contributed by atoms with Crippen LogP contribution in [0.3, 0.4) is 0 Å². The Hall–Kier alpha value is -2.20. The first kappa shape index (κ1) is 10.9. The number of fused-ring (bicyclic) bond motifs is 1. The third-order valence-electron chi connectivity index (χ3n) is 2.92. The first-order valence-corrected chi connectivity index (χ1v) is 6.30. The van der Waals surface area contributed by atoms with Crippen molar-refractivity contribution in [3.8, 4) is 0 Å². The molecule has 1 aromatic carbocycles. The smallest absolute Gasteiger partial charge is 0.210 e. The molecule has 2 aromatic rings. The lowest BCUT2D eigenvalue weighted by atomic mass is 9.87. The van der Waals surface area contributed by atoms with Crippen molar-refractivity contribution in [2.75, 3.05) is 0 Å². The molecule has 0 bridgehead atoms. The molecule has 1 aliphatic rings. The maximum atomic E-state index is 12.4. The van der Waals surface area contributed by atoms with Crippen LogP contribution in [0.15, 0.2) is 47.5 Å². The third-order valence-corrected chi connectivity index (χ3v) is 3.81. The number of allylic oxidation sites excluding steroid dienone is 2. The van der Waals surface area contributed by atoms with E-state index < -0.39 is 0 Å². The molecular weight excluding hydrogens is 246 g/mol. The number of hydrogen-bond donors (Lipinski definition) is 1. The second-order valence-corrected chi connectivity index (χ2v) is 4.92. The van der Waals surface area contributed by atoms with Crippen molar-refractivity contribution in [2.45, 2.75) is 0 Å². The summed E-state index contributed by atoms with van der Waals surface area (Å²) in [5, 5.41) is 1.86. The Labute approximate surface area is 108 Å². The number of thiophene rings is 1. The lowest BCUT2D eigenvalue weighted by molar-refractivity contribution is 0.0991. The van der Waals surface area contributed by atoms with Gasteiger partial charge >= 0.3 is 0 Å². The summed E-state index contributed by atoms with van der Waals surface area (Å²) in [7, 11) is 0. The highest BCUT2D eigenvalue weighted by Gasteiger charge is 2.31. The Bertz CT molecular complexity index is 684. The minimum absolute atomic E-state index is 0.0427. The highest BCUT2D eigenvalue weighted by atomic mass is 32.1. The van der Waals surface area contributed by atoms with Crippen molar-refractivity contribution in [3.05, 3.63) is 63.5 Å². The van der Waals surface area contributed by atoms with Gasteiger partial charge in [-0.1, -0.05) is 30.3 Å². The second kappa shape index (κ2) is 3.92. The molecule has 0 atom stereocenters. The van der Waals surface area contributed by atoms with E-state index in [0.29, 0.717) is 16.7 Å². The average Bonchev–Trinajstić information content (AvgIpc) is 2.90. The predicted molar refractivity (Wildman–Crippen MR) is 70.5 cm³/mol. The topological polar surface area (TPSA) is 60.2 Å². The number of hydrogen-bond acceptors (Lipinski definition) is 4. The van der Waals surface area contributed by atoms with Crippen molar-refractivity contribution in [1.29, 1.82) is 0 Å². The fourth-order valence-corrected chi connectivity index (χ4v) is 2.84. The molecule has 0 radical (unpaired) electrons. The molecule has 0 fully saturated rings. The molecule has 1 aromatic heterocycles. The monoisotopic (exact) mass is 255 g/mol. The predicted octanol–water partition coefficient (Wildman–Crippen LogP) is 2.50. The van der Waals surface area contributed by atoms with Crippen LogP contribution in [0.5, 0.6) is 0 Å². The van der Waals surface area contributed by atoms with E-state index in [1.807, 2.05) is 11.4 Å². The fraction of sp³-hybridized carbons (Fsp3) is 0. The summed E-state index contributed by atoms with van der Waals surface area (Å²) in [5.74, 6) is -0.446. The van der Waals surface area contributed by atoms with Crippen molar-refractivity contribution >= 4 is 28.5 Å². The summed E-state index contributed by atoms with van der Waals surface area (Å²) in [5.41, 5.74) is 7.02. The summed E-state index contributed by atoms with van der Waals surface area (Å²) in [6.07, 6.45) is 0. The maximum Gasteiger partial charge on any atom is 0.210 e. The highest BCUT2D eigenvalue weighted by Crippen LogP contribution is 2.32. The van der Waals surface area contributed by atoms with Gasteiger partial charge in [0, 0.05) is 16.0 Å². The van der Waals surface area contributed by atoms with Gasteiger partial charge in [0.1, 0.15) is 0 Å². The van der Waals surface area contributed by atoms with Gasteiger partial charge in [0.2, 0.25) is 5.78 Å². The SMILES string of the molecule is NC1=C(c2cccs2)C(=O)c2ccccc2C1=O. The highest BCUT2D eigenvalue weighted by molar-refractivity contribution is 7.11. The van der Waals surface area contributed by atoms with Crippen LogP contribution in [-0.2, 0) is 0 Å². The van der Waals surface area contributed by atoms with Crippen LogP contribution in [0, 0.1) is 0 Å². The molecule has 1 aliphatic carbocycles. The van der Waals surface area contributed by atoms with Gasteiger partial charge in [-0.15, -0.1) is 11.3 Å². The van der Waals surface area contributed by atoms with Crippen molar-refractivity contribution in [3.63, 3.8) is 0 Å². The normalized spacial score (nSPS) is 14.9. The van der Waals surface area contributed by atoms with Gasteiger partial charge in [0.05, 0.1) is 11.3 Å². The molecule has 2 N–H and O–H groups in total. The first-order chi connectivity index (χ1) is 8.70. The maximum absolute atomic E-state index is 12.4. The van der Waals surface area contributed by atoms with Gasteiger partial charge in [-0.05, 0) is 11.4 Å². The summed E-state index contributed by atoms with van der Waals surface area (Å²) in [6, 6.07) is 10.4. The van der Waals surface area contributed by atoms with Gasteiger partial charge in [-0.25, -0.2) is 0 Å². The van der Waals surface area contributed by atoms with Gasteiger partial charge in [-0.2, -0.15) is 0 Å². The molecule has 18 heavy (non-hydrogen) atoms. The van der Waals surface area contributed by atoms with Gasteiger partial charge in [0.25, 0.3) is 0 Å². The van der Waals surface area contributed by atoms with Crippen LogP contribution in [0.2, 0.25) is 0 Å². The van der Waals surface area contributed by atoms with E-state index in [9.17, 15) is 9.59 Å². The standard InChI is InChI=1S/C14H9NO2S/c15-12-11(10-6-3-7-18-10)13(16)8-4-1-2-5-9(8)14(12)17/h1-7H,15H2. The zero-order valence-electron chi connectivity index (χ0n) is 9.34. The Morgan fingerprint density at radius 3 is 2.17 bits per heavy atom. The molecule has 4 heteroatoms. The van der Waals surface area contributed by atoms with Crippen LogP contribution in [0.4, 0.5) is 0 Å². The average molecular weight is 255 g/mol. The van der Waals surface area contributed by atoms with Crippen molar-refractivity contribution in [2.24, 2.45) is 5.73 Å². The quantitative estimate of drug-likeness (QED) is 0.851. The van der Waals surface area contributed by atoms with E-state index in [-0.39, 0.29) is 17.3 Å². The Kier molecular flexibility index (Phi) is 2.38. The number of benzene rings is 1. The molecule has 0 unspecified atom stereocenters. The Balaban J connectivity index is 2.26. The fourth-order valence-electron chi connectivity index (χ4n) is 2.06. The van der Waals surface area contributed by atoms with E-state index >= 15 is 0 Å². The molecule has 0 amide bonds. The van der Waals surface area contributed by atoms with Crippen molar-refractivity contribution in [1.82, 2.24) is 0 Å². The van der Waals surface area contributed by atoms with Crippen LogP contribution < -0.4 is 5.73 Å². The van der Waals surface area contributed by atoms with Crippen LogP contribution in [0.1, 0.15) is 25.6 Å². The molecular formula is C14H9NO2S. The zero-order chi connectivity index (χ0) is 12.7. The third kappa shape index (κ3) is 1.43. The van der Waals surface area contributed by atoms with Crippen LogP contribution in [-0.4, -0.2) is 11.6 Å². The minimum Gasteiger partial charge on any atom is -0.395 e. The van der Waals surface area contributed by atoms with E-state index in [1.54, 1.807) is 30.3 Å². The Morgan fingerprint density at radius 2 is 1.56 bits per heavy atom. The van der Waals surface area contributed by atoms with E-state index in [1.165, 1.54) is 11.3 Å². The van der Waals surface area contributed by atoms with Crippen LogP contribution in [0.25, 0.3) is 5.57 Å². The summed E-state index contributed by atoms with van der Waals surface area (Å²) in [6.45, 7) is 0. The van der Waals surface area contributed by atoms with Gasteiger partial charge < -0.3 is 5.73 Å². The van der Waals surface area contributed by atoms with Crippen molar-refractivity contribution < 1.29 is 9.59 Å². The second-order valence-electron chi connectivity index (χ2n) is 3.97. The molecule has 0 saturated carbocycles. The number of Topliss-reactive ketones (excluding diaryl/α,β-unsaturated/α-hetero) is 2. The largest absolute Gasteiger partial charge is 0.395 e. The number of carbonyl (C=O) groups is 2. The molecule has 0 saturated heterocycles. The summed E-state index contributed by atoms with van der Waals surface area (Å²) < 4.78 is 0. The van der Waals surface area contributed by atoms with Gasteiger partial charge in [0.15, 0.2) is 5.78 Å².